The van der Waals surface area contributed by atoms with E-state index in [9.17, 15) is 4.79 Å². The highest BCUT2D eigenvalue weighted by molar-refractivity contribution is 7.13. The molecule has 6 nitrogen and oxygen atoms in total. The van der Waals surface area contributed by atoms with Gasteiger partial charge in [-0.05, 0) is 24.4 Å². The highest BCUT2D eigenvalue weighted by atomic mass is 32.1. The molecule has 1 fully saturated rings. The number of hydrogen-bond donors (Lipinski definition) is 1. The number of aryl methyl sites for hydroxylation is 1. The average Bonchev–Trinajstić information content (AvgIpc) is 3.17. The molecule has 1 saturated heterocycles. The molecule has 1 amide bonds. The molecule has 0 saturated carbocycles. The molecule has 0 aliphatic carbocycles. The predicted molar refractivity (Wildman–Crippen MR) is 85.1 cm³/mol. The van der Waals surface area contributed by atoms with Crippen LogP contribution in [0.5, 0.6) is 0 Å². The second-order valence-corrected chi connectivity index (χ2v) is 6.17. The Balaban J connectivity index is 1.90. The molecule has 112 valence electrons. The number of thiophene rings is 1. The molecule has 3 aromatic rings. The summed E-state index contributed by atoms with van der Waals surface area (Å²) in [6.07, 6.45) is 0. The third-order valence-electron chi connectivity index (χ3n) is 3.72. The maximum atomic E-state index is 11.7. The topological polar surface area (TPSA) is 71.3 Å². The molecule has 0 atom stereocenters. The van der Waals surface area contributed by atoms with Crippen LogP contribution in [-0.2, 0) is 4.79 Å². The van der Waals surface area contributed by atoms with Crippen molar-refractivity contribution in [2.75, 3.05) is 24.5 Å². The van der Waals surface area contributed by atoms with Crippen molar-refractivity contribution in [3.05, 3.63) is 29.3 Å². The van der Waals surface area contributed by atoms with Gasteiger partial charge in [0.05, 0.1) is 22.8 Å². The minimum Gasteiger partial charge on any atom is -0.357 e. The van der Waals surface area contributed by atoms with E-state index in [0.717, 1.165) is 34.0 Å². The predicted octanol–water partition coefficient (Wildman–Crippen LogP) is 2.20. The van der Waals surface area contributed by atoms with E-state index in [1.165, 1.54) is 0 Å². The molecule has 1 N–H and O–H groups in total. The third-order valence-corrected chi connectivity index (χ3v) is 4.62. The fraction of sp³-hybridized carbons (Fsp3) is 0.267. The summed E-state index contributed by atoms with van der Waals surface area (Å²) in [7, 11) is 0. The minimum atomic E-state index is 0.0186. The first-order valence-corrected chi connectivity index (χ1v) is 7.93. The number of nitrogens with zero attached hydrogens (tertiary/aromatic N) is 3. The number of aromatic nitrogens is 2. The van der Waals surface area contributed by atoms with Crippen LogP contribution >= 0.6 is 11.3 Å². The fourth-order valence-electron chi connectivity index (χ4n) is 2.64. The zero-order chi connectivity index (χ0) is 15.1. The van der Waals surface area contributed by atoms with E-state index in [1.54, 1.807) is 11.3 Å². The highest BCUT2D eigenvalue weighted by Gasteiger charge is 2.23. The molecule has 0 bridgehead atoms. The Hall–Kier alpha value is -2.41. The van der Waals surface area contributed by atoms with Gasteiger partial charge in [0.2, 0.25) is 11.5 Å². The van der Waals surface area contributed by atoms with E-state index in [2.05, 4.69) is 15.5 Å². The lowest BCUT2D eigenvalue weighted by Gasteiger charge is -2.28. The summed E-state index contributed by atoms with van der Waals surface area (Å²) in [4.78, 5) is 19.5. The lowest BCUT2D eigenvalue weighted by molar-refractivity contribution is -0.120. The normalized spacial score (nSPS) is 15.3. The molecular formula is C15H14N4O2S. The molecular weight excluding hydrogens is 300 g/mol. The van der Waals surface area contributed by atoms with Gasteiger partial charge in [-0.2, -0.15) is 0 Å². The van der Waals surface area contributed by atoms with Crippen molar-refractivity contribution in [1.82, 2.24) is 15.5 Å². The molecule has 0 radical (unpaired) electrons. The Bertz CT molecular complexity index is 841. The number of rotatable bonds is 2. The summed E-state index contributed by atoms with van der Waals surface area (Å²) in [6.45, 7) is 3.57. The fourth-order valence-corrected chi connectivity index (χ4v) is 3.33. The zero-order valence-corrected chi connectivity index (χ0v) is 12.8. The number of fused-ring (bicyclic) bond motifs is 1. The van der Waals surface area contributed by atoms with Crippen molar-refractivity contribution in [3.8, 4) is 10.6 Å². The Morgan fingerprint density at radius 1 is 1.45 bits per heavy atom. The molecule has 3 aromatic heterocycles. The van der Waals surface area contributed by atoms with E-state index < -0.39 is 0 Å². The number of anilines is 1. The van der Waals surface area contributed by atoms with E-state index in [1.807, 2.05) is 35.4 Å². The average molecular weight is 314 g/mol. The first kappa shape index (κ1) is 13.3. The monoisotopic (exact) mass is 314 g/mol. The van der Waals surface area contributed by atoms with Gasteiger partial charge in [-0.15, -0.1) is 11.3 Å². The summed E-state index contributed by atoms with van der Waals surface area (Å²) in [5.74, 6) is 0.0186. The molecule has 1 aliphatic heterocycles. The van der Waals surface area contributed by atoms with E-state index in [0.29, 0.717) is 18.7 Å². The lowest BCUT2D eigenvalue weighted by atomic mass is 10.2. The summed E-state index contributed by atoms with van der Waals surface area (Å²) in [6, 6.07) is 6.02. The van der Waals surface area contributed by atoms with Gasteiger partial charge >= 0.3 is 0 Å². The van der Waals surface area contributed by atoms with Crippen molar-refractivity contribution >= 4 is 34.0 Å². The smallest absolute Gasteiger partial charge is 0.239 e. The largest absolute Gasteiger partial charge is 0.357 e. The van der Waals surface area contributed by atoms with Gasteiger partial charge in [0, 0.05) is 13.1 Å². The van der Waals surface area contributed by atoms with Crippen LogP contribution in [0.1, 0.15) is 5.69 Å². The SMILES string of the molecule is Cc1noc2c(N3CCNC(=O)C3)cc(-c3cccs3)nc12. The standard InChI is InChI=1S/C15H14N4O2S/c1-9-14-15(21-18-9)11(19-5-4-16-13(20)8-19)7-10(17-14)12-3-2-6-22-12/h2-3,6-7H,4-5,8H2,1H3,(H,16,20). The number of piperazine rings is 1. The molecule has 4 heterocycles. The van der Waals surface area contributed by atoms with Crippen LogP contribution in [-0.4, -0.2) is 35.7 Å². The van der Waals surface area contributed by atoms with Crippen molar-refractivity contribution in [2.45, 2.75) is 6.92 Å². The van der Waals surface area contributed by atoms with Gasteiger partial charge in [0.15, 0.2) is 0 Å². The first-order valence-electron chi connectivity index (χ1n) is 7.05. The number of hydrogen-bond acceptors (Lipinski definition) is 6. The van der Waals surface area contributed by atoms with Crippen LogP contribution in [0.15, 0.2) is 28.1 Å². The van der Waals surface area contributed by atoms with Gasteiger partial charge in [-0.3, -0.25) is 4.79 Å². The van der Waals surface area contributed by atoms with Gasteiger partial charge in [0.1, 0.15) is 11.2 Å². The second kappa shape index (κ2) is 5.10. The maximum absolute atomic E-state index is 11.7. The zero-order valence-electron chi connectivity index (χ0n) is 12.0. The van der Waals surface area contributed by atoms with Crippen molar-refractivity contribution in [1.29, 1.82) is 0 Å². The van der Waals surface area contributed by atoms with Gasteiger partial charge in [-0.25, -0.2) is 4.98 Å². The Morgan fingerprint density at radius 3 is 3.14 bits per heavy atom. The van der Waals surface area contributed by atoms with Crippen LogP contribution in [0.2, 0.25) is 0 Å². The first-order chi connectivity index (χ1) is 10.7. The van der Waals surface area contributed by atoms with Crippen LogP contribution in [0.3, 0.4) is 0 Å². The van der Waals surface area contributed by atoms with Crippen LogP contribution < -0.4 is 10.2 Å². The van der Waals surface area contributed by atoms with Crippen molar-refractivity contribution < 1.29 is 9.32 Å². The van der Waals surface area contributed by atoms with E-state index >= 15 is 0 Å². The summed E-state index contributed by atoms with van der Waals surface area (Å²) >= 11 is 1.64. The van der Waals surface area contributed by atoms with Crippen molar-refractivity contribution in [2.24, 2.45) is 0 Å². The highest BCUT2D eigenvalue weighted by Crippen LogP contribution is 2.34. The molecule has 0 aromatic carbocycles. The van der Waals surface area contributed by atoms with Gasteiger partial charge in [0.25, 0.3) is 0 Å². The number of amides is 1. The molecule has 1 aliphatic rings. The molecule has 0 spiro atoms. The third kappa shape index (κ3) is 2.14. The van der Waals surface area contributed by atoms with Crippen LogP contribution in [0, 0.1) is 6.92 Å². The second-order valence-electron chi connectivity index (χ2n) is 5.22. The quantitative estimate of drug-likeness (QED) is 0.785. The van der Waals surface area contributed by atoms with Crippen LogP contribution in [0.4, 0.5) is 5.69 Å². The minimum absolute atomic E-state index is 0.0186. The Kier molecular flexibility index (Phi) is 3.07. The summed E-state index contributed by atoms with van der Waals surface area (Å²) in [5, 5.41) is 8.89. The summed E-state index contributed by atoms with van der Waals surface area (Å²) in [5.41, 5.74) is 3.93. The number of pyridine rings is 1. The van der Waals surface area contributed by atoms with Gasteiger partial charge < -0.3 is 14.7 Å². The molecule has 4 rings (SSSR count). The summed E-state index contributed by atoms with van der Waals surface area (Å²) < 4.78 is 5.46. The Morgan fingerprint density at radius 2 is 2.36 bits per heavy atom. The van der Waals surface area contributed by atoms with Crippen LogP contribution in [0.25, 0.3) is 21.7 Å². The Labute approximate surface area is 130 Å². The maximum Gasteiger partial charge on any atom is 0.239 e. The van der Waals surface area contributed by atoms with Crippen molar-refractivity contribution in [3.63, 3.8) is 0 Å². The van der Waals surface area contributed by atoms with E-state index in [-0.39, 0.29) is 5.91 Å². The number of nitrogens with one attached hydrogen (secondary N) is 1. The van der Waals surface area contributed by atoms with E-state index in [4.69, 9.17) is 4.52 Å². The number of carbonyl (C=O) groups excluding carboxylic acids is 1. The molecule has 0 unspecified atom stereocenters. The molecule has 7 heteroatoms. The number of carbonyl (C=O) groups is 1. The lowest BCUT2D eigenvalue weighted by Crippen LogP contribution is -2.47. The van der Waals surface area contributed by atoms with Gasteiger partial charge in [-0.1, -0.05) is 11.2 Å². The molecule has 22 heavy (non-hydrogen) atoms.